The van der Waals surface area contributed by atoms with Crippen molar-refractivity contribution in [1.29, 1.82) is 0 Å². The maximum Gasteiger partial charge on any atom is 0.387 e. The molecular weight excluding hydrogens is 508 g/mol. The van der Waals surface area contributed by atoms with E-state index in [4.69, 9.17) is 16.6 Å². The summed E-state index contributed by atoms with van der Waals surface area (Å²) < 4.78 is 30.8. The van der Waals surface area contributed by atoms with Crippen LogP contribution in [0.1, 0.15) is 16.1 Å². The molecule has 2 aromatic carbocycles. The lowest BCUT2D eigenvalue weighted by Crippen LogP contribution is -2.13. The van der Waals surface area contributed by atoms with E-state index in [1.54, 1.807) is 47.4 Å². The number of fused-ring (bicyclic) bond motifs is 1. The van der Waals surface area contributed by atoms with E-state index >= 15 is 0 Å². The van der Waals surface area contributed by atoms with Crippen molar-refractivity contribution in [2.45, 2.75) is 13.5 Å². The fraction of sp³-hybridized carbons (Fsp3) is 0.120. The molecule has 0 unspecified atom stereocenters. The SMILES string of the molecule is Cc1nn(C)c2nc(-c3ccc(Cl)cc3)cc(C(=O)Nc3nc(-c4ccc(OC(F)F)cc4)cs3)c12. The number of nitrogens with one attached hydrogen (secondary N) is 1. The van der Waals surface area contributed by atoms with E-state index in [0.717, 1.165) is 5.56 Å². The Balaban J connectivity index is 1.45. The summed E-state index contributed by atoms with van der Waals surface area (Å²) in [5, 5.41) is 10.7. The molecule has 3 heterocycles. The van der Waals surface area contributed by atoms with Crippen LogP contribution >= 0.6 is 22.9 Å². The zero-order valence-corrected chi connectivity index (χ0v) is 20.6. The Labute approximate surface area is 213 Å². The van der Waals surface area contributed by atoms with Gasteiger partial charge in [-0.15, -0.1) is 11.3 Å². The van der Waals surface area contributed by atoms with Crippen molar-refractivity contribution in [1.82, 2.24) is 19.7 Å². The van der Waals surface area contributed by atoms with E-state index in [-0.39, 0.29) is 11.7 Å². The molecule has 1 N–H and O–H groups in total. The molecule has 0 aliphatic carbocycles. The van der Waals surface area contributed by atoms with Crippen molar-refractivity contribution in [2.24, 2.45) is 7.05 Å². The number of benzene rings is 2. The van der Waals surface area contributed by atoms with Gasteiger partial charge in [-0.2, -0.15) is 13.9 Å². The number of anilines is 1. The van der Waals surface area contributed by atoms with Gasteiger partial charge < -0.3 is 4.74 Å². The second kappa shape index (κ2) is 9.63. The number of hydrogen-bond donors (Lipinski definition) is 1. The highest BCUT2D eigenvalue weighted by Gasteiger charge is 2.20. The number of amides is 1. The predicted octanol–water partition coefficient (Wildman–Crippen LogP) is 6.57. The summed E-state index contributed by atoms with van der Waals surface area (Å²) in [7, 11) is 1.78. The number of carbonyl (C=O) groups excluding carboxylic acids is 1. The highest BCUT2D eigenvalue weighted by atomic mass is 35.5. The number of rotatable bonds is 6. The number of thiazole rings is 1. The van der Waals surface area contributed by atoms with Crippen molar-refractivity contribution in [3.63, 3.8) is 0 Å². The molecule has 36 heavy (non-hydrogen) atoms. The Kier molecular flexibility index (Phi) is 6.38. The fourth-order valence-electron chi connectivity index (χ4n) is 3.83. The highest BCUT2D eigenvalue weighted by molar-refractivity contribution is 7.14. The number of nitrogens with zero attached hydrogens (tertiary/aromatic N) is 4. The minimum atomic E-state index is -2.89. The van der Waals surface area contributed by atoms with Gasteiger partial charge in [-0.1, -0.05) is 23.7 Å². The van der Waals surface area contributed by atoms with Gasteiger partial charge in [-0.05, 0) is 49.4 Å². The molecule has 5 rings (SSSR count). The molecule has 0 saturated carbocycles. The predicted molar refractivity (Wildman–Crippen MR) is 136 cm³/mol. The first-order chi connectivity index (χ1) is 17.3. The number of aromatic nitrogens is 4. The number of ether oxygens (including phenoxy) is 1. The summed E-state index contributed by atoms with van der Waals surface area (Å²) in [5.74, 6) is -0.294. The number of pyridine rings is 1. The minimum Gasteiger partial charge on any atom is -0.435 e. The molecule has 0 atom stereocenters. The minimum absolute atomic E-state index is 0.0579. The van der Waals surface area contributed by atoms with E-state index in [1.165, 1.54) is 23.5 Å². The van der Waals surface area contributed by atoms with Gasteiger partial charge in [0.1, 0.15) is 5.75 Å². The first kappa shape index (κ1) is 23.8. The van der Waals surface area contributed by atoms with Crippen molar-refractivity contribution in [2.75, 3.05) is 5.32 Å². The van der Waals surface area contributed by atoms with Gasteiger partial charge in [-0.3, -0.25) is 14.8 Å². The van der Waals surface area contributed by atoms with Gasteiger partial charge in [0.15, 0.2) is 10.8 Å². The van der Waals surface area contributed by atoms with Crippen LogP contribution in [0.25, 0.3) is 33.5 Å². The molecule has 3 aromatic heterocycles. The summed E-state index contributed by atoms with van der Waals surface area (Å²) >= 11 is 7.28. The molecule has 0 bridgehead atoms. The third kappa shape index (κ3) is 4.77. The quantitative estimate of drug-likeness (QED) is 0.271. The molecule has 0 aliphatic rings. The summed E-state index contributed by atoms with van der Waals surface area (Å²) in [6, 6.07) is 15.1. The summed E-state index contributed by atoms with van der Waals surface area (Å²) in [4.78, 5) is 22.6. The van der Waals surface area contributed by atoms with Crippen molar-refractivity contribution in [3.05, 3.63) is 76.3 Å². The molecule has 7 nitrogen and oxygen atoms in total. The van der Waals surface area contributed by atoms with E-state index in [1.807, 2.05) is 19.1 Å². The number of aryl methyl sites for hydroxylation is 2. The number of carbonyl (C=O) groups is 1. The van der Waals surface area contributed by atoms with Crippen LogP contribution in [0.2, 0.25) is 5.02 Å². The van der Waals surface area contributed by atoms with Crippen molar-refractivity contribution >= 4 is 45.0 Å². The van der Waals surface area contributed by atoms with E-state index in [9.17, 15) is 13.6 Å². The van der Waals surface area contributed by atoms with Gasteiger partial charge in [-0.25, -0.2) is 9.97 Å². The maximum absolute atomic E-state index is 13.4. The van der Waals surface area contributed by atoms with Crippen molar-refractivity contribution < 1.29 is 18.3 Å². The van der Waals surface area contributed by atoms with Crippen LogP contribution in [-0.2, 0) is 7.05 Å². The van der Waals surface area contributed by atoms with E-state index in [2.05, 4.69) is 20.1 Å². The van der Waals surface area contributed by atoms with Crippen molar-refractivity contribution in [3.8, 4) is 28.3 Å². The van der Waals surface area contributed by atoms with Crippen LogP contribution < -0.4 is 10.1 Å². The Morgan fingerprint density at radius 2 is 1.72 bits per heavy atom. The summed E-state index contributed by atoms with van der Waals surface area (Å²) in [6.07, 6.45) is 0. The fourth-order valence-corrected chi connectivity index (χ4v) is 4.67. The summed E-state index contributed by atoms with van der Waals surface area (Å²) in [5.41, 5.74) is 4.39. The first-order valence-electron chi connectivity index (χ1n) is 10.7. The molecule has 5 aromatic rings. The molecule has 0 spiro atoms. The van der Waals surface area contributed by atoms with Gasteiger partial charge in [0.05, 0.1) is 28.0 Å². The lowest BCUT2D eigenvalue weighted by atomic mass is 10.0. The Hall–Kier alpha value is -3.89. The summed E-state index contributed by atoms with van der Waals surface area (Å²) in [6.45, 7) is -1.06. The molecule has 0 fully saturated rings. The van der Waals surface area contributed by atoms with Crippen LogP contribution in [0.5, 0.6) is 5.75 Å². The molecule has 0 radical (unpaired) electrons. The molecule has 1 amide bonds. The van der Waals surface area contributed by atoms with Crippen LogP contribution in [0.15, 0.2) is 60.0 Å². The number of alkyl halides is 2. The second-order valence-electron chi connectivity index (χ2n) is 7.86. The van der Waals surface area contributed by atoms with Crippen LogP contribution in [0, 0.1) is 6.92 Å². The average molecular weight is 526 g/mol. The Morgan fingerprint density at radius 3 is 2.42 bits per heavy atom. The number of halogens is 3. The Bertz CT molecular complexity index is 1570. The Morgan fingerprint density at radius 1 is 1.06 bits per heavy atom. The zero-order chi connectivity index (χ0) is 25.4. The molecule has 11 heteroatoms. The molecule has 182 valence electrons. The van der Waals surface area contributed by atoms with Gasteiger partial charge in [0, 0.05) is 28.6 Å². The second-order valence-corrected chi connectivity index (χ2v) is 9.16. The molecule has 0 aliphatic heterocycles. The van der Waals surface area contributed by atoms with Crippen LogP contribution in [-0.4, -0.2) is 32.3 Å². The zero-order valence-electron chi connectivity index (χ0n) is 19.0. The average Bonchev–Trinajstić information content (AvgIpc) is 3.43. The van der Waals surface area contributed by atoms with Gasteiger partial charge >= 0.3 is 6.61 Å². The molecule has 0 saturated heterocycles. The van der Waals surface area contributed by atoms with Gasteiger partial charge in [0.2, 0.25) is 0 Å². The normalized spacial score (nSPS) is 11.3. The lowest BCUT2D eigenvalue weighted by Gasteiger charge is -2.08. The van der Waals surface area contributed by atoms with E-state index in [0.29, 0.717) is 49.4 Å². The topological polar surface area (TPSA) is 81.9 Å². The smallest absolute Gasteiger partial charge is 0.387 e. The monoisotopic (exact) mass is 525 g/mol. The third-order valence-corrected chi connectivity index (χ3v) is 6.46. The largest absolute Gasteiger partial charge is 0.435 e. The van der Waals surface area contributed by atoms with Crippen LogP contribution in [0.3, 0.4) is 0 Å². The maximum atomic E-state index is 13.4. The van der Waals surface area contributed by atoms with Gasteiger partial charge in [0.25, 0.3) is 5.91 Å². The lowest BCUT2D eigenvalue weighted by molar-refractivity contribution is -0.0498. The third-order valence-electron chi connectivity index (χ3n) is 5.45. The standard InChI is InChI=1S/C25H18ClF2N5O2S/c1-13-21-18(11-19(29-22(21)33(2)32-13)14-3-7-16(26)8-4-14)23(34)31-25-30-20(12-36-25)15-5-9-17(10-6-15)35-24(27)28/h3-12,24H,1-2H3,(H,30,31,34). The number of hydrogen-bond acceptors (Lipinski definition) is 6. The highest BCUT2D eigenvalue weighted by Crippen LogP contribution is 2.30. The first-order valence-corrected chi connectivity index (χ1v) is 12.0. The van der Waals surface area contributed by atoms with E-state index < -0.39 is 6.61 Å². The van der Waals surface area contributed by atoms with Crippen LogP contribution in [0.4, 0.5) is 13.9 Å². The molecular formula is C25H18ClF2N5O2S.